The first-order chi connectivity index (χ1) is 29.3. The van der Waals surface area contributed by atoms with Crippen LogP contribution in [0.5, 0.6) is 0 Å². The summed E-state index contributed by atoms with van der Waals surface area (Å²) < 4.78 is 13.0. The molecule has 4 aromatic rings. The number of carbonyl (C=O) groups excluding carboxylic acids is 3. The average Bonchev–Trinajstić information content (AvgIpc) is 3.39. The molecule has 0 bridgehead atoms. The summed E-state index contributed by atoms with van der Waals surface area (Å²) in [7, 11) is 1.56. The molecule has 4 atom stereocenters. The lowest BCUT2D eigenvalue weighted by atomic mass is 9.69. The molecule has 1 saturated carbocycles. The van der Waals surface area contributed by atoms with Gasteiger partial charge in [0.15, 0.2) is 5.60 Å². The molecule has 3 unspecified atom stereocenters. The zero-order chi connectivity index (χ0) is 41.6. The van der Waals surface area contributed by atoms with Crippen LogP contribution in [0.25, 0.3) is 11.1 Å². The number of benzene rings is 4. The van der Waals surface area contributed by atoms with Crippen molar-refractivity contribution in [3.63, 3.8) is 0 Å². The van der Waals surface area contributed by atoms with Crippen LogP contribution in [0.4, 0.5) is 4.79 Å². The molecule has 0 aromatic heterocycles. The number of allylic oxidation sites excluding steroid dienone is 3. The topological polar surface area (TPSA) is 76.2 Å². The standard InChI is InChI=1S/C52H57ClN2O5/c1-36-18-8-13-25-45(36)52(46-26-14-15-27-47(46)53,39-30-28-38(29-31-39)37-19-6-3-4-7-20-37)60-49(56)34-48(50(57)55-32-16-5-17-33-55)54(2)51(58)59-35-44-42-23-11-9-21-40(42)41-22-10-12-24-43(41)44/h8-15,18,21-31,36-37,44-45,48H,3-7,16-17,19-20,32-35H2,1-2H3/t36?,45?,48-,52?/m0/s1. The maximum atomic E-state index is 14.9. The highest BCUT2D eigenvalue weighted by molar-refractivity contribution is 6.31. The molecule has 2 fully saturated rings. The Kier molecular flexibility index (Phi) is 12.9. The van der Waals surface area contributed by atoms with Crippen molar-refractivity contribution in [2.24, 2.45) is 11.8 Å². The van der Waals surface area contributed by atoms with E-state index < -0.39 is 23.7 Å². The summed E-state index contributed by atoms with van der Waals surface area (Å²) in [6.07, 6.45) is 17.3. The summed E-state index contributed by atoms with van der Waals surface area (Å²) in [5.41, 5.74) is 5.87. The first-order valence-electron chi connectivity index (χ1n) is 22.0. The molecule has 4 aliphatic rings. The maximum Gasteiger partial charge on any atom is 0.410 e. The van der Waals surface area contributed by atoms with Crippen LogP contribution in [0.3, 0.4) is 0 Å². The smallest absolute Gasteiger partial charge is 0.410 e. The number of carbonyl (C=O) groups is 3. The van der Waals surface area contributed by atoms with Crippen molar-refractivity contribution in [2.75, 3.05) is 26.7 Å². The number of fused-ring (bicyclic) bond motifs is 3. The Morgan fingerprint density at radius 3 is 2.02 bits per heavy atom. The summed E-state index contributed by atoms with van der Waals surface area (Å²) in [5.74, 6) is -0.911. The summed E-state index contributed by atoms with van der Waals surface area (Å²) in [6, 6.07) is 31.4. The van der Waals surface area contributed by atoms with E-state index in [0.29, 0.717) is 29.6 Å². The van der Waals surface area contributed by atoms with Gasteiger partial charge in [0.05, 0.1) is 6.42 Å². The third-order valence-electron chi connectivity index (χ3n) is 13.5. The highest BCUT2D eigenvalue weighted by atomic mass is 35.5. The number of hydrogen-bond donors (Lipinski definition) is 0. The molecule has 60 heavy (non-hydrogen) atoms. The van der Waals surface area contributed by atoms with E-state index in [4.69, 9.17) is 21.1 Å². The molecule has 2 amide bonds. The van der Waals surface area contributed by atoms with E-state index in [1.165, 1.54) is 49.0 Å². The van der Waals surface area contributed by atoms with E-state index in [-0.39, 0.29) is 36.7 Å². The van der Waals surface area contributed by atoms with E-state index in [0.717, 1.165) is 47.1 Å². The van der Waals surface area contributed by atoms with E-state index >= 15 is 0 Å². The van der Waals surface area contributed by atoms with E-state index in [2.05, 4.69) is 67.6 Å². The van der Waals surface area contributed by atoms with Crippen LogP contribution in [0.2, 0.25) is 5.02 Å². The van der Waals surface area contributed by atoms with Crippen LogP contribution < -0.4 is 0 Å². The highest BCUT2D eigenvalue weighted by Crippen LogP contribution is 2.49. The maximum absolute atomic E-state index is 14.9. The number of likely N-dealkylation sites (N-methyl/N-ethyl adjacent to an activating group) is 1. The Hall–Kier alpha value is -5.14. The van der Waals surface area contributed by atoms with Gasteiger partial charge in [-0.2, -0.15) is 0 Å². The van der Waals surface area contributed by atoms with Gasteiger partial charge in [-0.3, -0.25) is 14.5 Å². The lowest BCUT2D eigenvalue weighted by Crippen LogP contribution is -2.52. The van der Waals surface area contributed by atoms with Gasteiger partial charge in [-0.15, -0.1) is 0 Å². The fraction of sp³-hybridized carbons (Fsp3) is 0.404. The number of piperidine rings is 1. The molecular formula is C52H57ClN2O5. The number of esters is 1. The average molecular weight is 825 g/mol. The number of amides is 2. The minimum Gasteiger partial charge on any atom is -0.448 e. The van der Waals surface area contributed by atoms with Gasteiger partial charge < -0.3 is 14.4 Å². The fourth-order valence-electron chi connectivity index (χ4n) is 10.2. The van der Waals surface area contributed by atoms with Crippen LogP contribution in [-0.2, 0) is 24.7 Å². The van der Waals surface area contributed by atoms with Crippen LogP contribution in [0, 0.1) is 11.8 Å². The number of rotatable bonds is 11. The molecule has 3 aliphatic carbocycles. The number of nitrogens with zero attached hydrogens (tertiary/aromatic N) is 2. The molecule has 8 heteroatoms. The zero-order valence-corrected chi connectivity index (χ0v) is 35.7. The van der Waals surface area contributed by atoms with Gasteiger partial charge in [0.2, 0.25) is 5.91 Å². The van der Waals surface area contributed by atoms with Crippen LogP contribution in [-0.4, -0.2) is 60.6 Å². The second-order valence-corrected chi connectivity index (χ2v) is 17.6. The molecule has 7 nitrogen and oxygen atoms in total. The van der Waals surface area contributed by atoms with Gasteiger partial charge in [-0.25, -0.2) is 4.79 Å². The Morgan fingerprint density at radius 2 is 1.37 bits per heavy atom. The summed E-state index contributed by atoms with van der Waals surface area (Å²) in [5, 5.41) is 0.477. The predicted molar refractivity (Wildman–Crippen MR) is 238 cm³/mol. The summed E-state index contributed by atoms with van der Waals surface area (Å²) in [4.78, 5) is 46.7. The lowest BCUT2D eigenvalue weighted by Gasteiger charge is -2.43. The second kappa shape index (κ2) is 18.6. The fourth-order valence-corrected chi connectivity index (χ4v) is 10.5. The SMILES string of the molecule is CC1C=CC=CC1C(OC(=O)C[C@@H](C(=O)N1CCCCC1)N(C)C(=O)OCC1c2ccccc2-c2ccccc21)(c1ccc(C2CCCCCC2)cc1)c1ccccc1Cl. The minimum absolute atomic E-state index is 0.0325. The van der Waals surface area contributed by atoms with Gasteiger partial charge in [0, 0.05) is 48.1 Å². The monoisotopic (exact) mass is 824 g/mol. The first kappa shape index (κ1) is 41.6. The van der Waals surface area contributed by atoms with Crippen LogP contribution >= 0.6 is 11.6 Å². The second-order valence-electron chi connectivity index (χ2n) is 17.2. The minimum atomic E-state index is -1.35. The van der Waals surface area contributed by atoms with Gasteiger partial charge in [-0.1, -0.05) is 160 Å². The van der Waals surface area contributed by atoms with Gasteiger partial charge in [0.25, 0.3) is 0 Å². The molecule has 312 valence electrons. The third-order valence-corrected chi connectivity index (χ3v) is 13.8. The molecule has 1 aliphatic heterocycles. The van der Waals surface area contributed by atoms with Crippen molar-refractivity contribution in [3.05, 3.63) is 154 Å². The molecule has 4 aromatic carbocycles. The van der Waals surface area contributed by atoms with Crippen LogP contribution in [0.15, 0.2) is 121 Å². The summed E-state index contributed by atoms with van der Waals surface area (Å²) >= 11 is 7.12. The Labute approximate surface area is 360 Å². The van der Waals surface area contributed by atoms with Gasteiger partial charge in [-0.05, 0) is 77.8 Å². The van der Waals surface area contributed by atoms with Crippen molar-refractivity contribution < 1.29 is 23.9 Å². The Balaban J connectivity index is 1.11. The normalized spacial score (nSPS) is 20.6. The van der Waals surface area contributed by atoms with E-state index in [1.54, 1.807) is 11.9 Å². The lowest BCUT2D eigenvalue weighted by molar-refractivity contribution is -0.165. The molecule has 8 rings (SSSR count). The van der Waals surface area contributed by atoms with Gasteiger partial charge in [0.1, 0.15) is 12.6 Å². The van der Waals surface area contributed by atoms with Gasteiger partial charge >= 0.3 is 12.1 Å². The van der Waals surface area contributed by atoms with E-state index in [1.807, 2.05) is 60.7 Å². The molecule has 0 spiro atoms. The Morgan fingerprint density at radius 1 is 0.767 bits per heavy atom. The largest absolute Gasteiger partial charge is 0.448 e. The van der Waals surface area contributed by atoms with Crippen molar-refractivity contribution in [3.8, 4) is 11.1 Å². The third kappa shape index (κ3) is 8.43. The zero-order valence-electron chi connectivity index (χ0n) is 34.9. The molecular weight excluding hydrogens is 768 g/mol. The molecule has 0 N–H and O–H groups in total. The van der Waals surface area contributed by atoms with Crippen molar-refractivity contribution in [1.29, 1.82) is 0 Å². The molecule has 0 radical (unpaired) electrons. The highest BCUT2D eigenvalue weighted by Gasteiger charge is 2.49. The molecule has 1 heterocycles. The number of likely N-dealkylation sites (tertiary alicyclic amines) is 1. The van der Waals surface area contributed by atoms with Crippen molar-refractivity contribution in [1.82, 2.24) is 9.80 Å². The summed E-state index contributed by atoms with van der Waals surface area (Å²) in [6.45, 7) is 3.35. The van der Waals surface area contributed by atoms with E-state index in [9.17, 15) is 14.4 Å². The number of ether oxygens (including phenoxy) is 2. The first-order valence-corrected chi connectivity index (χ1v) is 22.4. The number of hydrogen-bond acceptors (Lipinski definition) is 5. The van der Waals surface area contributed by atoms with Crippen LogP contribution in [0.1, 0.15) is 111 Å². The molecule has 1 saturated heterocycles. The quantitative estimate of drug-likeness (QED) is 0.111. The van der Waals surface area contributed by atoms with Crippen molar-refractivity contribution >= 4 is 29.6 Å². The number of halogens is 1. The Bertz CT molecular complexity index is 2170. The van der Waals surface area contributed by atoms with Crippen molar-refractivity contribution in [2.45, 2.75) is 94.6 Å². The predicted octanol–water partition coefficient (Wildman–Crippen LogP) is 11.6.